The molecule has 9 nitrogen and oxygen atoms in total. The lowest BCUT2D eigenvalue weighted by molar-refractivity contribution is 0.0635. The zero-order chi connectivity index (χ0) is 19.2. The summed E-state index contributed by atoms with van der Waals surface area (Å²) in [4.78, 5) is 32.7. The number of pyridine rings is 1. The van der Waals surface area contributed by atoms with Crippen molar-refractivity contribution in [2.75, 3.05) is 46.4 Å². The van der Waals surface area contributed by atoms with E-state index in [9.17, 15) is 9.59 Å². The van der Waals surface area contributed by atoms with Gasteiger partial charge in [0.2, 0.25) is 5.88 Å². The molecule has 0 atom stereocenters. The fraction of sp³-hybridized carbons (Fsp3) is 0.444. The number of carbonyl (C=O) groups excluding carboxylic acids is 2. The molecule has 0 spiro atoms. The number of hydrogen-bond donors (Lipinski definition) is 1. The first-order valence-corrected chi connectivity index (χ1v) is 8.86. The fourth-order valence-electron chi connectivity index (χ4n) is 3.04. The van der Waals surface area contributed by atoms with Crippen LogP contribution in [0.1, 0.15) is 20.7 Å². The lowest BCUT2D eigenvalue weighted by atomic mass is 10.2. The van der Waals surface area contributed by atoms with Crippen LogP contribution in [-0.4, -0.2) is 82.8 Å². The summed E-state index contributed by atoms with van der Waals surface area (Å²) in [7, 11) is 3.27. The second-order valence-corrected chi connectivity index (χ2v) is 6.36. The molecule has 1 aliphatic heterocycles. The van der Waals surface area contributed by atoms with Crippen LogP contribution in [0.15, 0.2) is 30.7 Å². The molecule has 144 valence electrons. The van der Waals surface area contributed by atoms with Gasteiger partial charge in [-0.1, -0.05) is 0 Å². The third-order valence-corrected chi connectivity index (χ3v) is 4.52. The van der Waals surface area contributed by atoms with E-state index >= 15 is 0 Å². The Labute approximate surface area is 157 Å². The van der Waals surface area contributed by atoms with E-state index in [0.717, 1.165) is 19.6 Å². The molecule has 1 N–H and O–H groups in total. The average Bonchev–Trinajstić information content (AvgIpc) is 3.09. The molecule has 9 heteroatoms. The molecule has 0 saturated carbocycles. The van der Waals surface area contributed by atoms with E-state index in [1.165, 1.54) is 7.11 Å². The second kappa shape index (κ2) is 8.63. The molecule has 0 bridgehead atoms. The first kappa shape index (κ1) is 18.8. The number of amides is 2. The highest BCUT2D eigenvalue weighted by molar-refractivity contribution is 5.96. The number of rotatable bonds is 6. The number of nitrogens with zero attached hydrogens (tertiary/aromatic N) is 5. The van der Waals surface area contributed by atoms with Crippen LogP contribution in [0.2, 0.25) is 0 Å². The molecule has 0 aromatic carbocycles. The van der Waals surface area contributed by atoms with Gasteiger partial charge in [-0.25, -0.2) is 0 Å². The van der Waals surface area contributed by atoms with Crippen LogP contribution in [0.5, 0.6) is 5.88 Å². The zero-order valence-electron chi connectivity index (χ0n) is 15.6. The van der Waals surface area contributed by atoms with Crippen molar-refractivity contribution in [1.82, 2.24) is 29.9 Å². The number of nitrogens with one attached hydrogen (secondary N) is 1. The van der Waals surface area contributed by atoms with Gasteiger partial charge < -0.3 is 15.0 Å². The Kier molecular flexibility index (Phi) is 6.02. The monoisotopic (exact) mass is 372 g/mol. The van der Waals surface area contributed by atoms with Crippen molar-refractivity contribution in [2.45, 2.75) is 0 Å². The van der Waals surface area contributed by atoms with Gasteiger partial charge in [0.1, 0.15) is 5.56 Å². The fourth-order valence-corrected chi connectivity index (χ4v) is 3.04. The third kappa shape index (κ3) is 4.62. The highest BCUT2D eigenvalue weighted by atomic mass is 16.5. The quantitative estimate of drug-likeness (QED) is 0.768. The summed E-state index contributed by atoms with van der Waals surface area (Å²) >= 11 is 0. The van der Waals surface area contributed by atoms with Crippen LogP contribution in [0.25, 0.3) is 0 Å². The molecule has 0 unspecified atom stereocenters. The summed E-state index contributed by atoms with van der Waals surface area (Å²) in [5.41, 5.74) is 1.04. The molecule has 3 heterocycles. The van der Waals surface area contributed by atoms with E-state index in [1.54, 1.807) is 42.5 Å². The van der Waals surface area contributed by atoms with Crippen molar-refractivity contribution in [2.24, 2.45) is 7.05 Å². The Morgan fingerprint density at radius 1 is 1.26 bits per heavy atom. The number of piperazine rings is 1. The second-order valence-electron chi connectivity index (χ2n) is 6.36. The smallest absolute Gasteiger partial charge is 0.261 e. The number of hydrogen-bond acceptors (Lipinski definition) is 6. The van der Waals surface area contributed by atoms with Crippen LogP contribution >= 0.6 is 0 Å². The summed E-state index contributed by atoms with van der Waals surface area (Å²) in [6.45, 7) is 4.08. The van der Waals surface area contributed by atoms with E-state index in [4.69, 9.17) is 4.74 Å². The predicted molar refractivity (Wildman–Crippen MR) is 98.7 cm³/mol. The van der Waals surface area contributed by atoms with Gasteiger partial charge in [0.15, 0.2) is 0 Å². The SMILES string of the molecule is COc1nn(C)cc1C(=O)N1CCN(CCNC(=O)c2cccnc2)CC1. The van der Waals surface area contributed by atoms with Crippen LogP contribution in [0.4, 0.5) is 0 Å². The van der Waals surface area contributed by atoms with Crippen LogP contribution in [0, 0.1) is 0 Å². The number of carbonyl (C=O) groups is 2. The number of ether oxygens (including phenoxy) is 1. The topological polar surface area (TPSA) is 92.6 Å². The highest BCUT2D eigenvalue weighted by Gasteiger charge is 2.26. The van der Waals surface area contributed by atoms with Gasteiger partial charge in [0.05, 0.1) is 12.7 Å². The molecular formula is C18H24N6O3. The van der Waals surface area contributed by atoms with Gasteiger partial charge >= 0.3 is 0 Å². The standard InChI is InChI=1S/C18H24N6O3/c1-22-13-15(17(21-22)27-2)18(26)24-10-8-23(9-11-24)7-6-20-16(25)14-4-3-5-19-12-14/h3-5,12-13H,6-11H2,1-2H3,(H,20,25). The van der Waals surface area contributed by atoms with Crippen molar-refractivity contribution >= 4 is 11.8 Å². The van der Waals surface area contributed by atoms with E-state index < -0.39 is 0 Å². The van der Waals surface area contributed by atoms with Gasteiger partial charge in [-0.15, -0.1) is 5.10 Å². The van der Waals surface area contributed by atoms with Crippen molar-refractivity contribution < 1.29 is 14.3 Å². The van der Waals surface area contributed by atoms with E-state index in [2.05, 4.69) is 20.3 Å². The maximum atomic E-state index is 12.7. The van der Waals surface area contributed by atoms with Gasteiger partial charge in [-0.05, 0) is 12.1 Å². The largest absolute Gasteiger partial charge is 0.479 e. The average molecular weight is 372 g/mol. The molecule has 27 heavy (non-hydrogen) atoms. The van der Waals surface area contributed by atoms with Crippen molar-refractivity contribution in [3.05, 3.63) is 41.9 Å². The van der Waals surface area contributed by atoms with E-state index in [1.807, 2.05) is 4.90 Å². The maximum absolute atomic E-state index is 12.7. The molecule has 0 radical (unpaired) electrons. The molecule has 1 fully saturated rings. The molecule has 2 aromatic rings. The molecule has 3 rings (SSSR count). The molecule has 1 saturated heterocycles. The van der Waals surface area contributed by atoms with Gasteiger partial charge in [-0.3, -0.25) is 24.2 Å². The first-order valence-electron chi connectivity index (χ1n) is 8.86. The van der Waals surface area contributed by atoms with Gasteiger partial charge in [0, 0.05) is 64.9 Å². The predicted octanol–water partition coefficient (Wildman–Crippen LogP) is 0.0115. The summed E-state index contributed by atoms with van der Waals surface area (Å²) in [6, 6.07) is 3.47. The molecule has 1 aliphatic rings. The zero-order valence-corrected chi connectivity index (χ0v) is 15.6. The molecule has 2 amide bonds. The Bertz CT molecular complexity index is 784. The number of aryl methyl sites for hydroxylation is 1. The molecule has 2 aromatic heterocycles. The first-order chi connectivity index (χ1) is 13.1. The third-order valence-electron chi connectivity index (χ3n) is 4.52. The molecular weight excluding hydrogens is 348 g/mol. The lowest BCUT2D eigenvalue weighted by Crippen LogP contribution is -2.50. The Balaban J connectivity index is 1.43. The summed E-state index contributed by atoms with van der Waals surface area (Å²) in [6.07, 6.45) is 4.87. The van der Waals surface area contributed by atoms with Crippen molar-refractivity contribution in [3.63, 3.8) is 0 Å². The van der Waals surface area contributed by atoms with Crippen LogP contribution in [-0.2, 0) is 7.05 Å². The Hall–Kier alpha value is -2.94. The van der Waals surface area contributed by atoms with Gasteiger partial charge in [0.25, 0.3) is 11.8 Å². The Morgan fingerprint density at radius 3 is 2.70 bits per heavy atom. The summed E-state index contributed by atoms with van der Waals surface area (Å²) in [5, 5.41) is 7.03. The van der Waals surface area contributed by atoms with E-state index in [-0.39, 0.29) is 11.8 Å². The highest BCUT2D eigenvalue weighted by Crippen LogP contribution is 2.18. The number of aromatic nitrogens is 3. The number of methoxy groups -OCH3 is 1. The summed E-state index contributed by atoms with van der Waals surface area (Å²) < 4.78 is 6.75. The van der Waals surface area contributed by atoms with E-state index in [0.29, 0.717) is 36.6 Å². The minimum absolute atomic E-state index is 0.0653. The molecule has 0 aliphatic carbocycles. The van der Waals surface area contributed by atoms with Crippen LogP contribution < -0.4 is 10.1 Å². The van der Waals surface area contributed by atoms with Gasteiger partial charge in [-0.2, -0.15) is 0 Å². The van der Waals surface area contributed by atoms with Crippen LogP contribution in [0.3, 0.4) is 0 Å². The minimum atomic E-state index is -0.124. The lowest BCUT2D eigenvalue weighted by Gasteiger charge is -2.34. The summed E-state index contributed by atoms with van der Waals surface area (Å²) in [5.74, 6) is 0.160. The maximum Gasteiger partial charge on any atom is 0.261 e. The normalized spacial score (nSPS) is 14.8. The van der Waals surface area contributed by atoms with Crippen molar-refractivity contribution in [1.29, 1.82) is 0 Å². The minimum Gasteiger partial charge on any atom is -0.479 e. The Morgan fingerprint density at radius 2 is 2.04 bits per heavy atom. The van der Waals surface area contributed by atoms with Crippen molar-refractivity contribution in [3.8, 4) is 5.88 Å².